The Morgan fingerprint density at radius 2 is 1.92 bits per heavy atom. The smallest absolute Gasteiger partial charge is 0.138 e. The summed E-state index contributed by atoms with van der Waals surface area (Å²) in [5, 5.41) is 5.12. The standard InChI is InChI=1S/C20H29N3S/c1-12(2)14-5-7-15(8-6-14)23-19-18-16-10-13(3)4-9-17(16)24-20(18)22-11-21-19/h11-15H,4-10H2,1-3H3,(H,21,22,23)/t13-,14?,15?/m1/s1. The van der Waals surface area contributed by atoms with E-state index in [1.54, 1.807) is 11.2 Å². The molecule has 2 aromatic rings. The monoisotopic (exact) mass is 343 g/mol. The second-order valence-corrected chi connectivity index (χ2v) is 9.34. The van der Waals surface area contributed by atoms with Gasteiger partial charge in [-0.3, -0.25) is 0 Å². The predicted octanol–water partition coefficient (Wildman–Crippen LogP) is 5.44. The van der Waals surface area contributed by atoms with Gasteiger partial charge in [0, 0.05) is 10.9 Å². The first kappa shape index (κ1) is 16.3. The van der Waals surface area contributed by atoms with Crippen LogP contribution in [0.4, 0.5) is 5.82 Å². The van der Waals surface area contributed by atoms with E-state index >= 15 is 0 Å². The summed E-state index contributed by atoms with van der Waals surface area (Å²) in [5.41, 5.74) is 1.53. The van der Waals surface area contributed by atoms with Gasteiger partial charge in [0.1, 0.15) is 17.0 Å². The Kier molecular flexibility index (Phi) is 4.50. The van der Waals surface area contributed by atoms with Gasteiger partial charge in [-0.05, 0) is 68.3 Å². The first-order chi connectivity index (χ1) is 11.6. The van der Waals surface area contributed by atoms with Crippen molar-refractivity contribution in [3.63, 3.8) is 0 Å². The zero-order chi connectivity index (χ0) is 16.7. The van der Waals surface area contributed by atoms with Gasteiger partial charge in [-0.1, -0.05) is 20.8 Å². The molecule has 2 aliphatic rings. The van der Waals surface area contributed by atoms with Crippen LogP contribution >= 0.6 is 11.3 Å². The molecule has 130 valence electrons. The zero-order valence-corrected chi connectivity index (χ0v) is 16.0. The average Bonchev–Trinajstić information content (AvgIpc) is 2.94. The Morgan fingerprint density at radius 3 is 2.67 bits per heavy atom. The first-order valence-corrected chi connectivity index (χ1v) is 10.4. The Hall–Kier alpha value is -1.16. The first-order valence-electron chi connectivity index (χ1n) is 9.63. The molecule has 0 aromatic carbocycles. The van der Waals surface area contributed by atoms with Crippen molar-refractivity contribution < 1.29 is 0 Å². The molecule has 2 heterocycles. The predicted molar refractivity (Wildman–Crippen MR) is 103 cm³/mol. The van der Waals surface area contributed by atoms with Gasteiger partial charge < -0.3 is 5.32 Å². The summed E-state index contributed by atoms with van der Waals surface area (Å²) in [6.45, 7) is 7.10. The molecule has 24 heavy (non-hydrogen) atoms. The number of rotatable bonds is 3. The van der Waals surface area contributed by atoms with Crippen molar-refractivity contribution in [2.75, 3.05) is 5.32 Å². The minimum atomic E-state index is 0.578. The van der Waals surface area contributed by atoms with Crippen LogP contribution in [-0.4, -0.2) is 16.0 Å². The number of thiophene rings is 1. The van der Waals surface area contributed by atoms with E-state index in [0.29, 0.717) is 6.04 Å². The zero-order valence-electron chi connectivity index (χ0n) is 15.1. The van der Waals surface area contributed by atoms with Crippen LogP contribution in [0.15, 0.2) is 6.33 Å². The van der Waals surface area contributed by atoms with Crippen LogP contribution in [0.1, 0.15) is 63.3 Å². The highest BCUT2D eigenvalue weighted by Crippen LogP contribution is 2.40. The van der Waals surface area contributed by atoms with Gasteiger partial charge in [0.2, 0.25) is 0 Å². The van der Waals surface area contributed by atoms with Crippen LogP contribution in [0.2, 0.25) is 0 Å². The second kappa shape index (κ2) is 6.62. The van der Waals surface area contributed by atoms with E-state index in [2.05, 4.69) is 36.1 Å². The molecule has 2 aromatic heterocycles. The number of nitrogens with one attached hydrogen (secondary N) is 1. The van der Waals surface area contributed by atoms with Crippen molar-refractivity contribution >= 4 is 27.4 Å². The Balaban J connectivity index is 1.58. The molecule has 3 nitrogen and oxygen atoms in total. The topological polar surface area (TPSA) is 37.8 Å². The van der Waals surface area contributed by atoms with Crippen LogP contribution in [0.3, 0.4) is 0 Å². The molecule has 1 fully saturated rings. The fraction of sp³-hybridized carbons (Fsp3) is 0.700. The largest absolute Gasteiger partial charge is 0.367 e. The van der Waals surface area contributed by atoms with Crippen LogP contribution in [0, 0.1) is 17.8 Å². The molecule has 0 unspecified atom stereocenters. The van der Waals surface area contributed by atoms with Crippen molar-refractivity contribution in [3.8, 4) is 0 Å². The molecular weight excluding hydrogens is 314 g/mol. The molecule has 0 saturated heterocycles. The van der Waals surface area contributed by atoms with E-state index in [1.807, 2.05) is 11.3 Å². The number of nitrogens with zero attached hydrogens (tertiary/aromatic N) is 2. The second-order valence-electron chi connectivity index (χ2n) is 8.25. The number of aryl methyl sites for hydroxylation is 1. The summed E-state index contributed by atoms with van der Waals surface area (Å²) >= 11 is 1.89. The van der Waals surface area contributed by atoms with Crippen molar-refractivity contribution in [1.29, 1.82) is 0 Å². The Bertz CT molecular complexity index is 713. The number of hydrogen-bond acceptors (Lipinski definition) is 4. The van der Waals surface area contributed by atoms with Crippen molar-refractivity contribution in [3.05, 3.63) is 16.8 Å². The highest BCUT2D eigenvalue weighted by molar-refractivity contribution is 7.19. The Labute approximate surface area is 149 Å². The third-order valence-corrected chi connectivity index (χ3v) is 7.34. The summed E-state index contributed by atoms with van der Waals surface area (Å²) < 4.78 is 0. The van der Waals surface area contributed by atoms with Crippen molar-refractivity contribution in [1.82, 2.24) is 9.97 Å². The summed E-state index contributed by atoms with van der Waals surface area (Å²) in [6, 6.07) is 0.578. The summed E-state index contributed by atoms with van der Waals surface area (Å²) in [4.78, 5) is 11.9. The van der Waals surface area contributed by atoms with Gasteiger partial charge in [-0.25, -0.2) is 9.97 Å². The molecule has 0 aliphatic heterocycles. The number of anilines is 1. The van der Waals surface area contributed by atoms with Gasteiger partial charge in [-0.15, -0.1) is 11.3 Å². The van der Waals surface area contributed by atoms with Crippen LogP contribution in [0.25, 0.3) is 10.2 Å². The average molecular weight is 344 g/mol. The molecule has 0 spiro atoms. The van der Waals surface area contributed by atoms with E-state index in [-0.39, 0.29) is 0 Å². The molecule has 0 radical (unpaired) electrons. The fourth-order valence-electron chi connectivity index (χ4n) is 4.52. The lowest BCUT2D eigenvalue weighted by atomic mass is 9.79. The lowest BCUT2D eigenvalue weighted by Gasteiger charge is -2.31. The van der Waals surface area contributed by atoms with Crippen LogP contribution in [0.5, 0.6) is 0 Å². The van der Waals surface area contributed by atoms with Gasteiger partial charge in [0.05, 0.1) is 5.39 Å². The number of hydrogen-bond donors (Lipinski definition) is 1. The van der Waals surface area contributed by atoms with Crippen LogP contribution < -0.4 is 5.32 Å². The summed E-state index contributed by atoms with van der Waals surface area (Å²) in [7, 11) is 0. The maximum Gasteiger partial charge on any atom is 0.138 e. The highest BCUT2D eigenvalue weighted by atomic mass is 32.1. The minimum Gasteiger partial charge on any atom is -0.367 e. The van der Waals surface area contributed by atoms with Gasteiger partial charge >= 0.3 is 0 Å². The normalized spacial score (nSPS) is 27.4. The van der Waals surface area contributed by atoms with E-state index in [0.717, 1.165) is 23.6 Å². The van der Waals surface area contributed by atoms with Crippen molar-refractivity contribution in [2.24, 2.45) is 17.8 Å². The molecule has 1 atom stereocenters. The molecule has 4 rings (SSSR count). The molecule has 0 amide bonds. The lowest BCUT2D eigenvalue weighted by molar-refractivity contribution is 0.267. The maximum atomic E-state index is 4.64. The molecular formula is C20H29N3S. The lowest BCUT2D eigenvalue weighted by Crippen LogP contribution is -2.28. The third kappa shape index (κ3) is 3.05. The van der Waals surface area contributed by atoms with E-state index < -0.39 is 0 Å². The molecule has 4 heteroatoms. The number of fused-ring (bicyclic) bond motifs is 3. The van der Waals surface area contributed by atoms with Crippen LogP contribution in [-0.2, 0) is 12.8 Å². The van der Waals surface area contributed by atoms with E-state index in [9.17, 15) is 0 Å². The van der Waals surface area contributed by atoms with E-state index in [4.69, 9.17) is 0 Å². The fourth-order valence-corrected chi connectivity index (χ4v) is 5.70. The molecule has 0 bridgehead atoms. The summed E-state index contributed by atoms with van der Waals surface area (Å²) in [5.74, 6) is 3.61. The third-order valence-electron chi connectivity index (χ3n) is 6.14. The molecule has 2 aliphatic carbocycles. The minimum absolute atomic E-state index is 0.578. The van der Waals surface area contributed by atoms with Crippen molar-refractivity contribution in [2.45, 2.75) is 71.8 Å². The molecule has 1 N–H and O–H groups in total. The maximum absolute atomic E-state index is 4.64. The SMILES string of the molecule is CC(C)C1CCC(Nc2ncnc3sc4c(c23)C[C@H](C)CC4)CC1. The van der Waals surface area contributed by atoms with Gasteiger partial charge in [-0.2, -0.15) is 0 Å². The highest BCUT2D eigenvalue weighted by Gasteiger charge is 2.26. The van der Waals surface area contributed by atoms with E-state index in [1.165, 1.54) is 60.7 Å². The molecule has 1 saturated carbocycles. The Morgan fingerprint density at radius 1 is 1.12 bits per heavy atom. The number of aromatic nitrogens is 2. The quantitative estimate of drug-likeness (QED) is 0.806. The van der Waals surface area contributed by atoms with Gasteiger partial charge in [0.25, 0.3) is 0 Å². The summed E-state index contributed by atoms with van der Waals surface area (Å²) in [6.07, 6.45) is 10.7. The van der Waals surface area contributed by atoms with Gasteiger partial charge in [0.15, 0.2) is 0 Å².